The topological polar surface area (TPSA) is 43.3 Å². The molecular weight excluding hydrogens is 198 g/mol. The summed E-state index contributed by atoms with van der Waals surface area (Å²) in [5.74, 6) is 0. The minimum Gasteiger partial charge on any atom is -0.320 e. The van der Waals surface area contributed by atoms with E-state index in [2.05, 4.69) is 4.98 Å². The lowest BCUT2D eigenvalue weighted by Gasteiger charge is -2.11. The van der Waals surface area contributed by atoms with Crippen LogP contribution < -0.4 is 5.73 Å². The van der Waals surface area contributed by atoms with E-state index in [9.17, 15) is 0 Å². The van der Waals surface area contributed by atoms with Crippen molar-refractivity contribution in [2.75, 3.05) is 0 Å². The van der Waals surface area contributed by atoms with Crippen LogP contribution in [0.3, 0.4) is 0 Å². The zero-order chi connectivity index (χ0) is 9.76. The number of imidazole rings is 1. The Labute approximate surface area is 86.5 Å². The van der Waals surface area contributed by atoms with Crippen molar-refractivity contribution in [3.8, 4) is 0 Å². The van der Waals surface area contributed by atoms with Crippen LogP contribution in [0.1, 0.15) is 18.5 Å². The van der Waals surface area contributed by atoms with Crippen LogP contribution in [-0.4, -0.2) is 9.38 Å². The van der Waals surface area contributed by atoms with Gasteiger partial charge >= 0.3 is 0 Å². The summed E-state index contributed by atoms with van der Waals surface area (Å²) >= 11 is 5.94. The SMILES string of the molecule is NC1(c2cccc3c(Cl)ncn23)CC1. The lowest BCUT2D eigenvalue weighted by atomic mass is 10.1. The molecule has 0 spiro atoms. The first-order valence-corrected chi connectivity index (χ1v) is 4.99. The van der Waals surface area contributed by atoms with Crippen LogP contribution in [-0.2, 0) is 5.54 Å². The number of hydrogen-bond donors (Lipinski definition) is 1. The molecule has 0 radical (unpaired) electrons. The molecule has 2 heterocycles. The Morgan fingerprint density at radius 1 is 1.43 bits per heavy atom. The van der Waals surface area contributed by atoms with E-state index in [0.717, 1.165) is 24.1 Å². The fraction of sp³-hybridized carbons (Fsp3) is 0.300. The van der Waals surface area contributed by atoms with Gasteiger partial charge in [-0.25, -0.2) is 4.98 Å². The lowest BCUT2D eigenvalue weighted by Crippen LogP contribution is -2.21. The second-order valence-corrected chi connectivity index (χ2v) is 4.22. The first-order valence-electron chi connectivity index (χ1n) is 4.62. The van der Waals surface area contributed by atoms with Crippen molar-refractivity contribution in [1.82, 2.24) is 9.38 Å². The second-order valence-electron chi connectivity index (χ2n) is 3.86. The standard InChI is InChI=1S/C10H10ClN3/c11-9-7-2-1-3-8(10(12)4-5-10)14(7)6-13-9/h1-3,6H,4-5,12H2. The van der Waals surface area contributed by atoms with Crippen molar-refractivity contribution in [2.24, 2.45) is 5.73 Å². The van der Waals surface area contributed by atoms with Crippen LogP contribution in [0.15, 0.2) is 24.5 Å². The highest BCUT2D eigenvalue weighted by Gasteiger charge is 2.41. The van der Waals surface area contributed by atoms with Gasteiger partial charge in [-0.1, -0.05) is 17.7 Å². The number of nitrogens with two attached hydrogens (primary N) is 1. The molecule has 2 aromatic heterocycles. The molecule has 1 aliphatic rings. The first-order chi connectivity index (χ1) is 6.71. The van der Waals surface area contributed by atoms with Crippen LogP contribution in [0.4, 0.5) is 0 Å². The number of fused-ring (bicyclic) bond motifs is 1. The zero-order valence-electron chi connectivity index (χ0n) is 7.57. The molecule has 4 heteroatoms. The van der Waals surface area contributed by atoms with Crippen molar-refractivity contribution < 1.29 is 0 Å². The highest BCUT2D eigenvalue weighted by molar-refractivity contribution is 6.32. The Morgan fingerprint density at radius 2 is 2.21 bits per heavy atom. The number of aromatic nitrogens is 2. The molecule has 1 saturated carbocycles. The molecule has 0 bridgehead atoms. The monoisotopic (exact) mass is 207 g/mol. The van der Waals surface area contributed by atoms with E-state index >= 15 is 0 Å². The fourth-order valence-corrected chi connectivity index (χ4v) is 1.98. The van der Waals surface area contributed by atoms with Crippen LogP contribution in [0.5, 0.6) is 0 Å². The fourth-order valence-electron chi connectivity index (χ4n) is 1.78. The Balaban J connectivity index is 2.34. The van der Waals surface area contributed by atoms with Gasteiger partial charge in [0.05, 0.1) is 11.1 Å². The van der Waals surface area contributed by atoms with E-state index in [0.29, 0.717) is 5.15 Å². The van der Waals surface area contributed by atoms with Crippen molar-refractivity contribution in [3.05, 3.63) is 35.4 Å². The molecule has 72 valence electrons. The van der Waals surface area contributed by atoms with Gasteiger partial charge in [0.15, 0.2) is 5.15 Å². The van der Waals surface area contributed by atoms with Gasteiger partial charge in [-0.2, -0.15) is 0 Å². The van der Waals surface area contributed by atoms with E-state index in [1.54, 1.807) is 6.33 Å². The summed E-state index contributed by atoms with van der Waals surface area (Å²) in [6.07, 6.45) is 3.82. The minimum atomic E-state index is -0.149. The summed E-state index contributed by atoms with van der Waals surface area (Å²) in [6, 6.07) is 5.97. The van der Waals surface area contributed by atoms with Gasteiger partial charge in [0.1, 0.15) is 6.33 Å². The molecule has 2 aromatic rings. The first kappa shape index (κ1) is 8.26. The molecule has 2 N–H and O–H groups in total. The molecule has 14 heavy (non-hydrogen) atoms. The lowest BCUT2D eigenvalue weighted by molar-refractivity contribution is 0.693. The molecule has 3 rings (SSSR count). The van der Waals surface area contributed by atoms with E-state index in [1.807, 2.05) is 22.6 Å². The molecule has 0 amide bonds. The van der Waals surface area contributed by atoms with Crippen LogP contribution in [0.25, 0.3) is 5.52 Å². The summed E-state index contributed by atoms with van der Waals surface area (Å²) < 4.78 is 1.98. The van der Waals surface area contributed by atoms with Gasteiger partial charge in [-0.3, -0.25) is 4.40 Å². The van der Waals surface area contributed by atoms with E-state index in [4.69, 9.17) is 17.3 Å². The van der Waals surface area contributed by atoms with Crippen LogP contribution >= 0.6 is 11.6 Å². The molecule has 1 fully saturated rings. The zero-order valence-corrected chi connectivity index (χ0v) is 8.33. The summed E-state index contributed by atoms with van der Waals surface area (Å²) in [6.45, 7) is 0. The Kier molecular flexibility index (Phi) is 1.47. The third kappa shape index (κ3) is 0.996. The van der Waals surface area contributed by atoms with Gasteiger partial charge in [0, 0.05) is 5.69 Å². The van der Waals surface area contributed by atoms with Crippen LogP contribution in [0.2, 0.25) is 5.15 Å². The maximum atomic E-state index is 6.15. The third-order valence-corrected chi connectivity index (χ3v) is 3.12. The van der Waals surface area contributed by atoms with Crippen molar-refractivity contribution in [2.45, 2.75) is 18.4 Å². The summed E-state index contributed by atoms with van der Waals surface area (Å²) in [7, 11) is 0. The summed E-state index contributed by atoms with van der Waals surface area (Å²) in [4.78, 5) is 4.07. The quantitative estimate of drug-likeness (QED) is 0.777. The van der Waals surface area contributed by atoms with E-state index in [-0.39, 0.29) is 5.54 Å². The maximum absolute atomic E-state index is 6.15. The molecular formula is C10H10ClN3. The molecule has 0 aromatic carbocycles. The Morgan fingerprint density at radius 3 is 2.93 bits per heavy atom. The minimum absolute atomic E-state index is 0.149. The number of rotatable bonds is 1. The maximum Gasteiger partial charge on any atom is 0.154 e. The molecule has 0 unspecified atom stereocenters. The van der Waals surface area contributed by atoms with Crippen molar-refractivity contribution >= 4 is 17.1 Å². The third-order valence-electron chi connectivity index (χ3n) is 2.82. The number of pyridine rings is 1. The number of halogens is 1. The number of hydrogen-bond acceptors (Lipinski definition) is 2. The molecule has 3 nitrogen and oxygen atoms in total. The van der Waals surface area contributed by atoms with Crippen molar-refractivity contribution in [3.63, 3.8) is 0 Å². The highest BCUT2D eigenvalue weighted by atomic mass is 35.5. The summed E-state index contributed by atoms with van der Waals surface area (Å²) in [5.41, 5.74) is 8.04. The predicted molar refractivity (Wildman–Crippen MR) is 55.3 cm³/mol. The number of nitrogens with zero attached hydrogens (tertiary/aromatic N) is 2. The normalized spacial score (nSPS) is 18.7. The largest absolute Gasteiger partial charge is 0.320 e. The highest BCUT2D eigenvalue weighted by Crippen LogP contribution is 2.42. The smallest absolute Gasteiger partial charge is 0.154 e. The van der Waals surface area contributed by atoms with Gasteiger partial charge in [0.25, 0.3) is 0 Å². The average molecular weight is 208 g/mol. The van der Waals surface area contributed by atoms with Gasteiger partial charge in [-0.05, 0) is 25.0 Å². The van der Waals surface area contributed by atoms with Gasteiger partial charge < -0.3 is 5.73 Å². The van der Waals surface area contributed by atoms with Gasteiger partial charge in [-0.15, -0.1) is 0 Å². The van der Waals surface area contributed by atoms with E-state index in [1.165, 1.54) is 0 Å². The molecule has 0 saturated heterocycles. The van der Waals surface area contributed by atoms with E-state index < -0.39 is 0 Å². The molecule has 0 atom stereocenters. The van der Waals surface area contributed by atoms with Gasteiger partial charge in [0.2, 0.25) is 0 Å². The average Bonchev–Trinajstić information content (AvgIpc) is 2.83. The van der Waals surface area contributed by atoms with Crippen molar-refractivity contribution in [1.29, 1.82) is 0 Å². The Hall–Kier alpha value is -1.06. The second kappa shape index (κ2) is 2.49. The molecule has 1 aliphatic carbocycles. The Bertz CT molecular complexity index is 499. The predicted octanol–water partition coefficient (Wildman–Crippen LogP) is 1.94. The molecule has 0 aliphatic heterocycles. The summed E-state index contributed by atoms with van der Waals surface area (Å²) in [5, 5.41) is 0.538. The van der Waals surface area contributed by atoms with Crippen LogP contribution in [0, 0.1) is 0 Å².